The highest BCUT2D eigenvalue weighted by atomic mass is 32.2. The summed E-state index contributed by atoms with van der Waals surface area (Å²) in [5.41, 5.74) is 0. The summed E-state index contributed by atoms with van der Waals surface area (Å²) < 4.78 is 0. The van der Waals surface area contributed by atoms with Gasteiger partial charge in [-0.25, -0.2) is 4.79 Å². The molecule has 0 saturated heterocycles. The van der Waals surface area contributed by atoms with Crippen LogP contribution >= 0.6 is 11.8 Å². The number of aliphatic hydroxyl groups is 1. The van der Waals surface area contributed by atoms with Crippen LogP contribution in [-0.4, -0.2) is 42.3 Å². The molecule has 3 N–H and O–H groups in total. The smallest absolute Gasteiger partial charge is 0.315 e. The van der Waals surface area contributed by atoms with Crippen molar-refractivity contribution in [2.24, 2.45) is 5.92 Å². The molecular weight excluding hydrogens is 284 g/mol. The molecule has 4 nitrogen and oxygen atoms in total. The fraction of sp³-hybridized carbons (Fsp3) is 0.938. The molecule has 1 unspecified atom stereocenters. The number of carbonyl (C=O) groups is 1. The van der Waals surface area contributed by atoms with Crippen LogP contribution in [0, 0.1) is 5.92 Å². The molecule has 124 valence electrons. The average molecular weight is 317 g/mol. The van der Waals surface area contributed by atoms with Gasteiger partial charge >= 0.3 is 6.03 Å². The first-order valence-corrected chi connectivity index (χ1v) is 9.81. The molecule has 1 aliphatic carbocycles. The Kier molecular flexibility index (Phi) is 10.8. The lowest BCUT2D eigenvalue weighted by Gasteiger charge is -2.26. The summed E-state index contributed by atoms with van der Waals surface area (Å²) in [4.78, 5) is 12.0. The van der Waals surface area contributed by atoms with Gasteiger partial charge in [-0.05, 0) is 50.0 Å². The number of unbranched alkanes of at least 4 members (excludes halogenated alkanes) is 1. The molecule has 0 heterocycles. The average Bonchev–Trinajstić information content (AvgIpc) is 2.75. The van der Waals surface area contributed by atoms with Crippen LogP contribution in [0.2, 0.25) is 0 Å². The maximum Gasteiger partial charge on any atom is 0.315 e. The van der Waals surface area contributed by atoms with Crippen LogP contribution in [0.3, 0.4) is 0 Å². The number of rotatable bonds is 9. The number of thioether (sulfide) groups is 1. The minimum Gasteiger partial charge on any atom is -0.396 e. The monoisotopic (exact) mass is 316 g/mol. The van der Waals surface area contributed by atoms with E-state index in [-0.39, 0.29) is 18.7 Å². The zero-order valence-corrected chi connectivity index (χ0v) is 14.2. The Morgan fingerprint density at radius 2 is 1.95 bits per heavy atom. The molecule has 1 fully saturated rings. The molecule has 0 aromatic heterocycles. The first kappa shape index (κ1) is 18.6. The van der Waals surface area contributed by atoms with Crippen LogP contribution in [0.25, 0.3) is 0 Å². The van der Waals surface area contributed by atoms with Gasteiger partial charge in [0, 0.05) is 19.2 Å². The molecule has 1 atom stereocenters. The van der Waals surface area contributed by atoms with Crippen molar-refractivity contribution in [3.05, 3.63) is 0 Å². The maximum absolute atomic E-state index is 12.0. The Morgan fingerprint density at radius 3 is 2.57 bits per heavy atom. The Morgan fingerprint density at radius 1 is 1.24 bits per heavy atom. The SMILES string of the molecule is CSCCCCNC(=O)NC(CCO)C1CCCCCC1. The normalized spacial score (nSPS) is 18.0. The number of urea groups is 1. The van der Waals surface area contributed by atoms with Crippen LogP contribution in [0.4, 0.5) is 4.79 Å². The van der Waals surface area contributed by atoms with Gasteiger partial charge in [0.15, 0.2) is 0 Å². The van der Waals surface area contributed by atoms with Gasteiger partial charge in [-0.1, -0.05) is 25.7 Å². The van der Waals surface area contributed by atoms with Crippen LogP contribution in [0.5, 0.6) is 0 Å². The second-order valence-electron chi connectivity index (χ2n) is 5.97. The van der Waals surface area contributed by atoms with Gasteiger partial charge in [-0.3, -0.25) is 0 Å². The molecule has 0 aromatic rings. The van der Waals surface area contributed by atoms with Crippen LogP contribution in [0.1, 0.15) is 57.8 Å². The van der Waals surface area contributed by atoms with Crippen molar-refractivity contribution in [1.82, 2.24) is 10.6 Å². The van der Waals surface area contributed by atoms with E-state index >= 15 is 0 Å². The lowest BCUT2D eigenvalue weighted by Crippen LogP contribution is -2.46. The molecule has 0 bridgehead atoms. The van der Waals surface area contributed by atoms with Gasteiger partial charge in [0.2, 0.25) is 0 Å². The van der Waals surface area contributed by atoms with Crippen molar-refractivity contribution in [1.29, 1.82) is 0 Å². The topological polar surface area (TPSA) is 61.4 Å². The van der Waals surface area contributed by atoms with Crippen LogP contribution in [0.15, 0.2) is 0 Å². The summed E-state index contributed by atoms with van der Waals surface area (Å²) in [7, 11) is 0. The minimum atomic E-state index is -0.0677. The predicted octanol–water partition coefficient (Wildman–Crippen LogP) is 3.15. The Balaban J connectivity index is 2.29. The third-order valence-corrected chi connectivity index (χ3v) is 4.98. The van der Waals surface area contributed by atoms with E-state index < -0.39 is 0 Å². The minimum absolute atomic E-state index is 0.0677. The molecule has 2 amide bonds. The maximum atomic E-state index is 12.0. The van der Waals surface area contributed by atoms with E-state index in [4.69, 9.17) is 0 Å². The molecule has 5 heteroatoms. The third-order valence-electron chi connectivity index (χ3n) is 4.29. The van der Waals surface area contributed by atoms with Crippen molar-refractivity contribution in [3.63, 3.8) is 0 Å². The van der Waals surface area contributed by atoms with Gasteiger partial charge in [0.1, 0.15) is 0 Å². The number of nitrogens with one attached hydrogen (secondary N) is 2. The highest BCUT2D eigenvalue weighted by molar-refractivity contribution is 7.98. The molecular formula is C16H32N2O2S. The van der Waals surface area contributed by atoms with E-state index in [9.17, 15) is 9.90 Å². The fourth-order valence-electron chi connectivity index (χ4n) is 3.07. The van der Waals surface area contributed by atoms with E-state index in [2.05, 4.69) is 16.9 Å². The summed E-state index contributed by atoms with van der Waals surface area (Å²) >= 11 is 1.84. The summed E-state index contributed by atoms with van der Waals surface area (Å²) in [6, 6.07) is 0.0566. The fourth-order valence-corrected chi connectivity index (χ4v) is 3.56. The molecule has 21 heavy (non-hydrogen) atoms. The van der Waals surface area contributed by atoms with Gasteiger partial charge in [-0.15, -0.1) is 0 Å². The molecule has 0 radical (unpaired) electrons. The van der Waals surface area contributed by atoms with Crippen molar-refractivity contribution < 1.29 is 9.90 Å². The van der Waals surface area contributed by atoms with Gasteiger partial charge < -0.3 is 15.7 Å². The highest BCUT2D eigenvalue weighted by Gasteiger charge is 2.23. The van der Waals surface area contributed by atoms with Crippen LogP contribution < -0.4 is 10.6 Å². The molecule has 0 aliphatic heterocycles. The summed E-state index contributed by atoms with van der Waals surface area (Å²) in [6.07, 6.45) is 12.4. The third kappa shape index (κ3) is 8.57. The highest BCUT2D eigenvalue weighted by Crippen LogP contribution is 2.26. The van der Waals surface area contributed by atoms with E-state index in [1.54, 1.807) is 0 Å². The lowest BCUT2D eigenvalue weighted by molar-refractivity contribution is 0.207. The number of hydrogen-bond acceptors (Lipinski definition) is 3. The predicted molar refractivity (Wildman–Crippen MR) is 90.8 cm³/mol. The molecule has 1 aliphatic rings. The van der Waals surface area contributed by atoms with Gasteiger partial charge in [0.05, 0.1) is 0 Å². The Labute approximate surface area is 133 Å². The van der Waals surface area contributed by atoms with Gasteiger partial charge in [0.25, 0.3) is 0 Å². The zero-order valence-electron chi connectivity index (χ0n) is 13.4. The molecule has 0 spiro atoms. The van der Waals surface area contributed by atoms with Crippen molar-refractivity contribution in [2.45, 2.75) is 63.8 Å². The number of hydrogen-bond donors (Lipinski definition) is 3. The van der Waals surface area contributed by atoms with E-state index in [0.717, 1.165) is 25.1 Å². The largest absolute Gasteiger partial charge is 0.396 e. The van der Waals surface area contributed by atoms with Crippen LogP contribution in [-0.2, 0) is 0 Å². The first-order valence-electron chi connectivity index (χ1n) is 8.42. The lowest BCUT2D eigenvalue weighted by atomic mass is 9.90. The Hall–Kier alpha value is -0.420. The van der Waals surface area contributed by atoms with E-state index in [0.29, 0.717) is 12.3 Å². The first-order chi connectivity index (χ1) is 10.3. The Bertz CT molecular complexity index is 269. The second kappa shape index (κ2) is 12.2. The summed E-state index contributed by atoms with van der Waals surface area (Å²) in [5, 5.41) is 15.3. The number of amides is 2. The summed E-state index contributed by atoms with van der Waals surface area (Å²) in [6.45, 7) is 0.887. The van der Waals surface area contributed by atoms with E-state index in [1.165, 1.54) is 38.5 Å². The molecule has 1 rings (SSSR count). The summed E-state index contributed by atoms with van der Waals surface area (Å²) in [5.74, 6) is 1.68. The van der Waals surface area contributed by atoms with Crippen molar-refractivity contribution >= 4 is 17.8 Å². The molecule has 1 saturated carbocycles. The van der Waals surface area contributed by atoms with Crippen molar-refractivity contribution in [2.75, 3.05) is 25.2 Å². The standard InChI is InChI=1S/C16H32N2O2S/c1-21-13-7-6-11-17-16(20)18-15(10-12-19)14-8-4-2-3-5-9-14/h14-15,19H,2-13H2,1H3,(H2,17,18,20). The number of aliphatic hydroxyl groups excluding tert-OH is 1. The second-order valence-corrected chi connectivity index (χ2v) is 6.96. The van der Waals surface area contributed by atoms with E-state index in [1.807, 2.05) is 11.8 Å². The number of carbonyl (C=O) groups excluding carboxylic acids is 1. The van der Waals surface area contributed by atoms with Crippen molar-refractivity contribution in [3.8, 4) is 0 Å². The van der Waals surface area contributed by atoms with Gasteiger partial charge in [-0.2, -0.15) is 11.8 Å². The zero-order chi connectivity index (χ0) is 15.3. The quantitative estimate of drug-likeness (QED) is 0.452. The molecule has 0 aromatic carbocycles.